The van der Waals surface area contributed by atoms with Crippen LogP contribution >= 0.6 is 0 Å². The highest BCUT2D eigenvalue weighted by atomic mass is 16.6. The van der Waals surface area contributed by atoms with E-state index in [0.29, 0.717) is 12.5 Å². The van der Waals surface area contributed by atoms with Crippen LogP contribution in [0.4, 0.5) is 4.79 Å². The van der Waals surface area contributed by atoms with Crippen molar-refractivity contribution in [3.05, 3.63) is 29.8 Å². The van der Waals surface area contributed by atoms with Crippen LogP contribution in [0.5, 0.6) is 5.75 Å². The fraction of sp³-hybridized carbons (Fsp3) is 0.720. The highest BCUT2D eigenvalue weighted by Crippen LogP contribution is 2.37. The molecule has 1 aromatic carbocycles. The first-order valence-corrected chi connectivity index (χ1v) is 12.1. The predicted molar refractivity (Wildman–Crippen MR) is 121 cm³/mol. The lowest BCUT2D eigenvalue weighted by Gasteiger charge is -2.34. The Balaban J connectivity index is 1.25. The average Bonchev–Trinajstić information content (AvgIpc) is 2.80. The number of carbonyl (C=O) groups is 1. The fourth-order valence-electron chi connectivity index (χ4n) is 4.70. The van der Waals surface area contributed by atoms with Gasteiger partial charge >= 0.3 is 6.09 Å². The van der Waals surface area contributed by atoms with E-state index in [2.05, 4.69) is 29.2 Å². The van der Waals surface area contributed by atoms with E-state index in [1.54, 1.807) is 0 Å². The Hall–Kier alpha value is -1.75. The first-order chi connectivity index (χ1) is 14.8. The van der Waals surface area contributed by atoms with Crippen molar-refractivity contribution in [2.24, 2.45) is 0 Å². The zero-order valence-corrected chi connectivity index (χ0v) is 18.8. The van der Waals surface area contributed by atoms with Gasteiger partial charge in [0.15, 0.2) is 0 Å². The lowest BCUT2D eigenvalue weighted by atomic mass is 9.84. The number of rotatable bonds is 10. The Morgan fingerprint density at radius 3 is 2.47 bits per heavy atom. The molecule has 2 aliphatic rings. The van der Waals surface area contributed by atoms with E-state index in [4.69, 9.17) is 9.47 Å². The van der Waals surface area contributed by atoms with Gasteiger partial charge in [-0.3, -0.25) is 4.90 Å². The van der Waals surface area contributed by atoms with Crippen LogP contribution in [0.3, 0.4) is 0 Å². The van der Waals surface area contributed by atoms with E-state index in [1.807, 2.05) is 11.8 Å². The molecule has 1 heterocycles. The molecule has 3 rings (SSSR count). The normalized spacial score (nSPS) is 18.4. The largest absolute Gasteiger partial charge is 0.493 e. The lowest BCUT2D eigenvalue weighted by molar-refractivity contribution is 0.0792. The zero-order chi connectivity index (χ0) is 21.0. The molecule has 5 heteroatoms. The molecular weight excluding hydrogens is 376 g/mol. The summed E-state index contributed by atoms with van der Waals surface area (Å²) in [5.41, 5.74) is 1.43. The molecule has 1 aromatic rings. The van der Waals surface area contributed by atoms with Gasteiger partial charge in [0.1, 0.15) is 5.75 Å². The van der Waals surface area contributed by atoms with E-state index in [0.717, 1.165) is 51.5 Å². The molecule has 0 unspecified atom stereocenters. The highest BCUT2D eigenvalue weighted by molar-refractivity contribution is 5.67. The number of ether oxygens (including phenoxy) is 2. The number of amides is 1. The van der Waals surface area contributed by atoms with Crippen LogP contribution in [0.15, 0.2) is 24.3 Å². The van der Waals surface area contributed by atoms with Gasteiger partial charge in [-0.15, -0.1) is 0 Å². The van der Waals surface area contributed by atoms with Crippen molar-refractivity contribution in [3.8, 4) is 5.75 Å². The molecule has 168 valence electrons. The number of unbranched alkanes of at least 4 members (excludes halogenated alkanes) is 3. The minimum absolute atomic E-state index is 0.165. The monoisotopic (exact) mass is 416 g/mol. The fourth-order valence-corrected chi connectivity index (χ4v) is 4.70. The van der Waals surface area contributed by atoms with Crippen LogP contribution in [0, 0.1) is 0 Å². The summed E-state index contributed by atoms with van der Waals surface area (Å²) in [6, 6.07) is 8.68. The SMILES string of the molecule is CCOC(=O)N1CCN(CCCCCCOc2ccccc2C2CCCCC2)CC1. The van der Waals surface area contributed by atoms with Crippen LogP contribution in [-0.4, -0.2) is 61.8 Å². The molecule has 30 heavy (non-hydrogen) atoms. The van der Waals surface area contributed by atoms with Gasteiger partial charge in [-0.05, 0) is 56.7 Å². The van der Waals surface area contributed by atoms with Crippen LogP contribution in [0.25, 0.3) is 0 Å². The summed E-state index contributed by atoms with van der Waals surface area (Å²) in [7, 11) is 0. The first kappa shape index (κ1) is 22.9. The van der Waals surface area contributed by atoms with Crippen LogP contribution in [-0.2, 0) is 4.74 Å². The molecule has 1 amide bonds. The van der Waals surface area contributed by atoms with Crippen LogP contribution < -0.4 is 4.74 Å². The molecule has 1 aliphatic carbocycles. The molecule has 5 nitrogen and oxygen atoms in total. The number of nitrogens with zero attached hydrogens (tertiary/aromatic N) is 2. The molecule has 0 spiro atoms. The summed E-state index contributed by atoms with van der Waals surface area (Å²) in [6.45, 7) is 7.74. The summed E-state index contributed by atoms with van der Waals surface area (Å²) < 4.78 is 11.3. The minimum Gasteiger partial charge on any atom is -0.493 e. The van der Waals surface area contributed by atoms with Crippen molar-refractivity contribution in [2.75, 3.05) is 45.9 Å². The van der Waals surface area contributed by atoms with Gasteiger partial charge in [-0.2, -0.15) is 0 Å². The Kier molecular flexibility index (Phi) is 9.81. The predicted octanol–water partition coefficient (Wildman–Crippen LogP) is 5.45. The maximum atomic E-state index is 11.8. The topological polar surface area (TPSA) is 42.0 Å². The Bertz CT molecular complexity index is 623. The molecule has 1 aliphatic heterocycles. The lowest BCUT2D eigenvalue weighted by Crippen LogP contribution is -2.49. The zero-order valence-electron chi connectivity index (χ0n) is 18.8. The van der Waals surface area contributed by atoms with Gasteiger partial charge in [-0.25, -0.2) is 4.79 Å². The molecule has 1 saturated heterocycles. The Morgan fingerprint density at radius 2 is 1.70 bits per heavy atom. The quantitative estimate of drug-likeness (QED) is 0.476. The van der Waals surface area contributed by atoms with Crippen molar-refractivity contribution in [2.45, 2.75) is 70.6 Å². The highest BCUT2D eigenvalue weighted by Gasteiger charge is 2.21. The summed E-state index contributed by atoms with van der Waals surface area (Å²) >= 11 is 0. The van der Waals surface area contributed by atoms with Crippen molar-refractivity contribution >= 4 is 6.09 Å². The third kappa shape index (κ3) is 7.19. The Labute approximate surface area is 182 Å². The number of hydrogen-bond donors (Lipinski definition) is 0. The number of piperazine rings is 1. The van der Waals surface area contributed by atoms with E-state index >= 15 is 0 Å². The van der Waals surface area contributed by atoms with Gasteiger partial charge in [0.25, 0.3) is 0 Å². The van der Waals surface area contributed by atoms with Crippen LogP contribution in [0.1, 0.15) is 76.2 Å². The van der Waals surface area contributed by atoms with E-state index in [9.17, 15) is 4.79 Å². The number of hydrogen-bond acceptors (Lipinski definition) is 4. The molecule has 2 fully saturated rings. The van der Waals surface area contributed by atoms with E-state index in [1.165, 1.54) is 56.9 Å². The number of carbonyl (C=O) groups excluding carboxylic acids is 1. The average molecular weight is 417 g/mol. The molecule has 0 N–H and O–H groups in total. The molecular formula is C25H40N2O3. The number of benzene rings is 1. The van der Waals surface area contributed by atoms with Gasteiger partial charge in [0.05, 0.1) is 13.2 Å². The maximum Gasteiger partial charge on any atom is 0.409 e. The van der Waals surface area contributed by atoms with Crippen molar-refractivity contribution in [1.82, 2.24) is 9.80 Å². The first-order valence-electron chi connectivity index (χ1n) is 12.1. The van der Waals surface area contributed by atoms with E-state index in [-0.39, 0.29) is 6.09 Å². The third-order valence-corrected chi connectivity index (χ3v) is 6.49. The molecule has 0 bridgehead atoms. The molecule has 0 radical (unpaired) electrons. The molecule has 0 atom stereocenters. The second-order valence-electron chi connectivity index (χ2n) is 8.66. The minimum atomic E-state index is -0.165. The van der Waals surface area contributed by atoms with Gasteiger partial charge in [0.2, 0.25) is 0 Å². The van der Waals surface area contributed by atoms with Crippen molar-refractivity contribution < 1.29 is 14.3 Å². The summed E-state index contributed by atoms with van der Waals surface area (Å²) in [6.07, 6.45) is 11.4. The third-order valence-electron chi connectivity index (χ3n) is 6.49. The van der Waals surface area contributed by atoms with Gasteiger partial charge < -0.3 is 14.4 Å². The standard InChI is InChI=1S/C25H40N2O3/c1-2-29-25(28)27-19-17-26(18-20-27)16-10-3-4-11-21-30-24-15-9-8-14-23(24)22-12-6-5-7-13-22/h8-9,14-15,22H,2-7,10-13,16-21H2,1H3. The summed E-state index contributed by atoms with van der Waals surface area (Å²) in [5.74, 6) is 1.81. The summed E-state index contributed by atoms with van der Waals surface area (Å²) in [4.78, 5) is 16.0. The molecule has 1 saturated carbocycles. The van der Waals surface area contributed by atoms with Gasteiger partial charge in [-0.1, -0.05) is 50.3 Å². The van der Waals surface area contributed by atoms with Crippen molar-refractivity contribution in [3.63, 3.8) is 0 Å². The summed E-state index contributed by atoms with van der Waals surface area (Å²) in [5, 5.41) is 0. The second kappa shape index (κ2) is 12.8. The van der Waals surface area contributed by atoms with E-state index < -0.39 is 0 Å². The second-order valence-corrected chi connectivity index (χ2v) is 8.66. The van der Waals surface area contributed by atoms with Crippen molar-refractivity contribution in [1.29, 1.82) is 0 Å². The maximum absolute atomic E-state index is 11.8. The smallest absolute Gasteiger partial charge is 0.409 e. The Morgan fingerprint density at radius 1 is 0.967 bits per heavy atom. The number of para-hydroxylation sites is 1. The van der Waals surface area contributed by atoms with Crippen LogP contribution in [0.2, 0.25) is 0 Å². The van der Waals surface area contributed by atoms with Gasteiger partial charge in [0, 0.05) is 26.2 Å². The molecule has 0 aromatic heterocycles.